The zero-order valence-corrected chi connectivity index (χ0v) is 13.4. The number of carbonyl (C=O) groups excluding carboxylic acids is 2. The normalized spacial score (nSPS) is 20.0. The first-order valence-corrected chi connectivity index (χ1v) is 7.71. The van der Waals surface area contributed by atoms with Crippen LogP contribution < -0.4 is 5.32 Å². The van der Waals surface area contributed by atoms with Crippen LogP contribution >= 0.6 is 11.6 Å². The molecule has 2 atom stereocenters. The van der Waals surface area contributed by atoms with Crippen molar-refractivity contribution in [2.24, 2.45) is 11.8 Å². The van der Waals surface area contributed by atoms with E-state index in [1.165, 1.54) is 0 Å². The lowest BCUT2D eigenvalue weighted by Gasteiger charge is -2.18. The molecule has 0 spiro atoms. The summed E-state index contributed by atoms with van der Waals surface area (Å²) < 4.78 is 0. The maximum Gasteiger partial charge on any atom is 0.228 e. The zero-order valence-electron chi connectivity index (χ0n) is 12.6. The highest BCUT2D eigenvalue weighted by molar-refractivity contribution is 6.31. The Labute approximate surface area is 130 Å². The number of rotatable bonds is 5. The minimum atomic E-state index is -0.212. The van der Waals surface area contributed by atoms with Gasteiger partial charge in [-0.1, -0.05) is 17.7 Å². The summed E-state index contributed by atoms with van der Waals surface area (Å²) in [6.07, 6.45) is 0.640. The maximum atomic E-state index is 12.2. The summed E-state index contributed by atoms with van der Waals surface area (Å²) >= 11 is 5.94. The molecule has 2 amide bonds. The van der Waals surface area contributed by atoms with Gasteiger partial charge in [0.1, 0.15) is 0 Å². The third-order valence-electron chi connectivity index (χ3n) is 3.98. The van der Waals surface area contributed by atoms with Crippen LogP contribution in [0.2, 0.25) is 5.02 Å². The molecule has 5 heteroatoms. The Morgan fingerprint density at radius 1 is 1.29 bits per heavy atom. The van der Waals surface area contributed by atoms with Crippen LogP contribution in [-0.2, 0) is 9.59 Å². The minimum Gasteiger partial charge on any atom is -0.343 e. The molecule has 1 aromatic carbocycles. The Hall–Kier alpha value is -1.55. The quantitative estimate of drug-likeness (QED) is 0.908. The molecule has 1 saturated carbocycles. The van der Waals surface area contributed by atoms with E-state index in [1.807, 2.05) is 26.8 Å². The van der Waals surface area contributed by atoms with E-state index in [0.29, 0.717) is 30.2 Å². The number of hydrogen-bond acceptors (Lipinski definition) is 2. The van der Waals surface area contributed by atoms with Crippen molar-refractivity contribution in [3.8, 4) is 0 Å². The fourth-order valence-corrected chi connectivity index (χ4v) is 2.65. The lowest BCUT2D eigenvalue weighted by Crippen LogP contribution is -2.33. The van der Waals surface area contributed by atoms with Crippen molar-refractivity contribution in [3.05, 3.63) is 28.8 Å². The highest BCUT2D eigenvalue weighted by Gasteiger charge is 2.49. The SMILES string of the molecule is CCN(CC)C(=O)C1CC1C(=O)Nc1cc(Cl)ccc1C. The number of aryl methyl sites for hydroxylation is 1. The highest BCUT2D eigenvalue weighted by Crippen LogP contribution is 2.41. The van der Waals surface area contributed by atoms with E-state index in [-0.39, 0.29) is 23.7 Å². The molecule has 0 bridgehead atoms. The Morgan fingerprint density at radius 3 is 2.57 bits per heavy atom. The first-order valence-electron chi connectivity index (χ1n) is 7.33. The molecular weight excluding hydrogens is 288 g/mol. The average molecular weight is 309 g/mol. The predicted molar refractivity (Wildman–Crippen MR) is 84.3 cm³/mol. The second kappa shape index (κ2) is 6.48. The van der Waals surface area contributed by atoms with Crippen LogP contribution in [0.25, 0.3) is 0 Å². The van der Waals surface area contributed by atoms with Crippen molar-refractivity contribution in [1.29, 1.82) is 0 Å². The number of amides is 2. The minimum absolute atomic E-state index is 0.0861. The first-order chi connectivity index (χ1) is 9.97. The van der Waals surface area contributed by atoms with Gasteiger partial charge in [0.25, 0.3) is 0 Å². The molecule has 2 rings (SSSR count). The summed E-state index contributed by atoms with van der Waals surface area (Å²) in [6.45, 7) is 7.20. The lowest BCUT2D eigenvalue weighted by atomic mass is 10.2. The van der Waals surface area contributed by atoms with E-state index in [2.05, 4.69) is 5.32 Å². The molecule has 1 fully saturated rings. The zero-order chi connectivity index (χ0) is 15.6. The molecular formula is C16H21ClN2O2. The number of nitrogens with zero attached hydrogens (tertiary/aromatic N) is 1. The highest BCUT2D eigenvalue weighted by atomic mass is 35.5. The number of hydrogen-bond donors (Lipinski definition) is 1. The average Bonchev–Trinajstić information content (AvgIpc) is 3.24. The summed E-state index contributed by atoms with van der Waals surface area (Å²) in [5.74, 6) is -0.380. The van der Waals surface area contributed by atoms with Crippen molar-refractivity contribution < 1.29 is 9.59 Å². The second-order valence-electron chi connectivity index (χ2n) is 5.41. The Bertz CT molecular complexity index is 555. The van der Waals surface area contributed by atoms with Gasteiger partial charge in [-0.25, -0.2) is 0 Å². The van der Waals surface area contributed by atoms with Crippen LogP contribution in [-0.4, -0.2) is 29.8 Å². The molecule has 0 aromatic heterocycles. The summed E-state index contributed by atoms with van der Waals surface area (Å²) in [5.41, 5.74) is 1.67. The van der Waals surface area contributed by atoms with Crippen LogP contribution in [0.1, 0.15) is 25.8 Å². The smallest absolute Gasteiger partial charge is 0.228 e. The number of halogens is 1. The van der Waals surface area contributed by atoms with E-state index in [4.69, 9.17) is 11.6 Å². The molecule has 1 aliphatic rings. The number of anilines is 1. The summed E-state index contributed by atoms with van der Waals surface area (Å²) in [5, 5.41) is 3.46. The van der Waals surface area contributed by atoms with E-state index in [1.54, 1.807) is 17.0 Å². The van der Waals surface area contributed by atoms with Crippen LogP contribution in [0.3, 0.4) is 0 Å². The van der Waals surface area contributed by atoms with Crippen molar-refractivity contribution >= 4 is 29.1 Å². The molecule has 0 heterocycles. The van der Waals surface area contributed by atoms with Gasteiger partial charge in [0, 0.05) is 23.8 Å². The predicted octanol–water partition coefficient (Wildman–Crippen LogP) is 3.09. The van der Waals surface area contributed by atoms with Gasteiger partial charge < -0.3 is 10.2 Å². The van der Waals surface area contributed by atoms with Gasteiger partial charge in [0.05, 0.1) is 11.8 Å². The first kappa shape index (κ1) is 15.8. The molecule has 1 aromatic rings. The van der Waals surface area contributed by atoms with Gasteiger partial charge in [0.2, 0.25) is 11.8 Å². The van der Waals surface area contributed by atoms with Crippen LogP contribution in [0.15, 0.2) is 18.2 Å². The van der Waals surface area contributed by atoms with Crippen molar-refractivity contribution in [2.75, 3.05) is 18.4 Å². The van der Waals surface area contributed by atoms with Crippen molar-refractivity contribution in [3.63, 3.8) is 0 Å². The largest absolute Gasteiger partial charge is 0.343 e. The fraction of sp³-hybridized carbons (Fsp3) is 0.500. The Morgan fingerprint density at radius 2 is 1.95 bits per heavy atom. The maximum absolute atomic E-state index is 12.2. The monoisotopic (exact) mass is 308 g/mol. The van der Waals surface area contributed by atoms with Crippen molar-refractivity contribution in [1.82, 2.24) is 4.90 Å². The van der Waals surface area contributed by atoms with Gasteiger partial charge in [-0.15, -0.1) is 0 Å². The molecule has 21 heavy (non-hydrogen) atoms. The van der Waals surface area contributed by atoms with Gasteiger partial charge in [-0.3, -0.25) is 9.59 Å². The molecule has 4 nitrogen and oxygen atoms in total. The van der Waals surface area contributed by atoms with Gasteiger partial charge in [-0.05, 0) is 44.9 Å². The van der Waals surface area contributed by atoms with Gasteiger partial charge >= 0.3 is 0 Å². The summed E-state index contributed by atoms with van der Waals surface area (Å²) in [6, 6.07) is 5.39. The molecule has 2 unspecified atom stereocenters. The molecule has 114 valence electrons. The van der Waals surface area contributed by atoms with E-state index in [0.717, 1.165) is 5.56 Å². The van der Waals surface area contributed by atoms with Crippen LogP contribution in [0, 0.1) is 18.8 Å². The summed E-state index contributed by atoms with van der Waals surface area (Å²) in [4.78, 5) is 26.2. The number of carbonyl (C=O) groups is 2. The summed E-state index contributed by atoms with van der Waals surface area (Å²) in [7, 11) is 0. The van der Waals surface area contributed by atoms with Gasteiger partial charge in [0.15, 0.2) is 0 Å². The van der Waals surface area contributed by atoms with Gasteiger partial charge in [-0.2, -0.15) is 0 Å². The van der Waals surface area contributed by atoms with E-state index in [9.17, 15) is 9.59 Å². The molecule has 1 N–H and O–H groups in total. The molecule has 0 aliphatic heterocycles. The Balaban J connectivity index is 1.97. The van der Waals surface area contributed by atoms with Crippen LogP contribution in [0.5, 0.6) is 0 Å². The number of nitrogens with one attached hydrogen (secondary N) is 1. The van der Waals surface area contributed by atoms with E-state index >= 15 is 0 Å². The molecule has 0 saturated heterocycles. The van der Waals surface area contributed by atoms with Crippen LogP contribution in [0.4, 0.5) is 5.69 Å². The lowest BCUT2D eigenvalue weighted by molar-refractivity contribution is -0.133. The van der Waals surface area contributed by atoms with E-state index < -0.39 is 0 Å². The fourth-order valence-electron chi connectivity index (χ4n) is 2.48. The topological polar surface area (TPSA) is 49.4 Å². The molecule has 1 aliphatic carbocycles. The standard InChI is InChI=1S/C16H21ClN2O2/c1-4-19(5-2)16(21)13-9-12(13)15(20)18-14-8-11(17)7-6-10(14)3/h6-8,12-13H,4-5,9H2,1-3H3,(H,18,20). The van der Waals surface area contributed by atoms with Crippen molar-refractivity contribution in [2.45, 2.75) is 27.2 Å². The third kappa shape index (κ3) is 3.56. The number of benzene rings is 1. The second-order valence-corrected chi connectivity index (χ2v) is 5.84. The Kier molecular flexibility index (Phi) is 4.88. The third-order valence-corrected chi connectivity index (χ3v) is 4.21. The molecule has 0 radical (unpaired) electrons.